The van der Waals surface area contributed by atoms with Crippen molar-refractivity contribution in [2.75, 3.05) is 17.2 Å². The van der Waals surface area contributed by atoms with Gasteiger partial charge in [0.05, 0.1) is 23.3 Å². The highest BCUT2D eigenvalue weighted by Crippen LogP contribution is 2.31. The van der Waals surface area contributed by atoms with Crippen LogP contribution in [0, 0.1) is 0 Å². The van der Waals surface area contributed by atoms with E-state index in [4.69, 9.17) is 4.74 Å². The summed E-state index contributed by atoms with van der Waals surface area (Å²) in [4.78, 5) is 32.6. The molecule has 3 heterocycles. The van der Waals surface area contributed by atoms with Gasteiger partial charge in [-0.15, -0.1) is 0 Å². The molecular weight excluding hydrogens is 344 g/mol. The van der Waals surface area contributed by atoms with Gasteiger partial charge < -0.3 is 15.4 Å². The van der Waals surface area contributed by atoms with Crippen molar-refractivity contribution in [1.82, 2.24) is 9.97 Å². The van der Waals surface area contributed by atoms with Crippen LogP contribution in [0.3, 0.4) is 0 Å². The number of anilines is 2. The number of carbonyl (C=O) groups is 2. The molecule has 0 unspecified atom stereocenters. The number of rotatable bonds is 4. The molecule has 2 N–H and O–H groups in total. The topological polar surface area (TPSA) is 93.2 Å². The Balaban J connectivity index is 1.64. The van der Waals surface area contributed by atoms with E-state index >= 15 is 0 Å². The number of carbonyl (C=O) groups excluding carboxylic acids is 2. The van der Waals surface area contributed by atoms with Crippen LogP contribution in [0.2, 0.25) is 0 Å². The van der Waals surface area contributed by atoms with Crippen LogP contribution >= 0.6 is 0 Å². The van der Waals surface area contributed by atoms with Crippen molar-refractivity contribution >= 4 is 39.9 Å². The Hall–Kier alpha value is -3.74. The molecule has 4 rings (SSSR count). The van der Waals surface area contributed by atoms with E-state index in [0.29, 0.717) is 22.5 Å². The normalized spacial score (nSPS) is 14.1. The average molecular weight is 360 g/mol. The average Bonchev–Trinajstić information content (AvgIpc) is 3.00. The van der Waals surface area contributed by atoms with Gasteiger partial charge in [0.25, 0.3) is 5.91 Å². The van der Waals surface area contributed by atoms with Crippen molar-refractivity contribution < 1.29 is 14.3 Å². The molecule has 0 fully saturated rings. The molecule has 7 heteroatoms. The number of aromatic nitrogens is 2. The van der Waals surface area contributed by atoms with E-state index in [2.05, 4.69) is 20.6 Å². The first-order valence-electron chi connectivity index (χ1n) is 8.46. The summed E-state index contributed by atoms with van der Waals surface area (Å²) in [6.07, 6.45) is 4.74. The first-order chi connectivity index (χ1) is 13.2. The predicted octanol–water partition coefficient (Wildman–Crippen LogP) is 3.21. The summed E-state index contributed by atoms with van der Waals surface area (Å²) in [6, 6.07) is 11.2. The number of amides is 1. The van der Waals surface area contributed by atoms with Gasteiger partial charge in [0, 0.05) is 35.2 Å². The van der Waals surface area contributed by atoms with E-state index in [9.17, 15) is 9.59 Å². The number of fused-ring (bicyclic) bond motifs is 2. The third-order valence-electron chi connectivity index (χ3n) is 4.15. The summed E-state index contributed by atoms with van der Waals surface area (Å²) in [5.41, 5.74) is 2.96. The largest absolute Gasteiger partial charge is 0.462 e. The lowest BCUT2D eigenvalue weighted by Gasteiger charge is -2.05. The van der Waals surface area contributed by atoms with Gasteiger partial charge in [-0.25, -0.2) is 9.78 Å². The lowest BCUT2D eigenvalue weighted by Crippen LogP contribution is -2.06. The Kier molecular flexibility index (Phi) is 4.25. The minimum atomic E-state index is -0.471. The highest BCUT2D eigenvalue weighted by molar-refractivity contribution is 6.31. The van der Waals surface area contributed by atoms with Crippen LogP contribution < -0.4 is 10.6 Å². The van der Waals surface area contributed by atoms with Gasteiger partial charge in [0.1, 0.15) is 5.82 Å². The minimum Gasteiger partial charge on any atom is -0.462 e. The summed E-state index contributed by atoms with van der Waals surface area (Å²) in [6.45, 7) is 2.01. The minimum absolute atomic E-state index is 0.272. The zero-order valence-corrected chi connectivity index (χ0v) is 14.5. The quantitative estimate of drug-likeness (QED) is 0.548. The molecular formula is C20H16N4O3. The predicted molar refractivity (Wildman–Crippen MR) is 102 cm³/mol. The van der Waals surface area contributed by atoms with Crippen LogP contribution in [-0.2, 0) is 9.53 Å². The molecule has 1 aliphatic rings. The van der Waals surface area contributed by atoms with Crippen LogP contribution in [0.5, 0.6) is 0 Å². The molecule has 0 bridgehead atoms. The number of hydrogen-bond acceptors (Lipinski definition) is 6. The van der Waals surface area contributed by atoms with Gasteiger partial charge in [-0.2, -0.15) is 0 Å². The second-order valence-corrected chi connectivity index (χ2v) is 5.91. The van der Waals surface area contributed by atoms with Gasteiger partial charge in [-0.05, 0) is 37.3 Å². The summed E-state index contributed by atoms with van der Waals surface area (Å²) >= 11 is 0. The number of nitrogens with zero attached hydrogens (tertiary/aromatic N) is 2. The standard InChI is InChI=1S/C20H16N4O3/c1-2-27-20(26)13-9-15-16(19(25)24-18(15)23-10-13)11-22-14-5-6-17-12(8-14)4-3-7-21-17/h3-11,22H,2H2,1H3,(H,23,24,25). The van der Waals surface area contributed by atoms with Crippen molar-refractivity contribution in [3.05, 3.63) is 66.1 Å². The van der Waals surface area contributed by atoms with Gasteiger partial charge in [-0.1, -0.05) is 6.07 Å². The Morgan fingerprint density at radius 2 is 2.15 bits per heavy atom. The Bertz CT molecular complexity index is 1090. The highest BCUT2D eigenvalue weighted by Gasteiger charge is 2.26. The summed E-state index contributed by atoms with van der Waals surface area (Å²) in [5.74, 6) is -0.334. The smallest absolute Gasteiger partial charge is 0.339 e. The Labute approximate surface area is 155 Å². The summed E-state index contributed by atoms with van der Waals surface area (Å²) in [5, 5.41) is 6.81. The van der Waals surface area contributed by atoms with Crippen molar-refractivity contribution in [2.24, 2.45) is 0 Å². The van der Waals surface area contributed by atoms with Crippen molar-refractivity contribution in [2.45, 2.75) is 6.92 Å². The van der Waals surface area contributed by atoms with Gasteiger partial charge in [0.15, 0.2) is 0 Å². The first kappa shape index (κ1) is 16.7. The number of esters is 1. The SMILES string of the molecule is CCOC(=O)c1cnc2c(c1)C(=CNc1ccc3ncccc3c1)C(=O)N2. The number of ether oxygens (including phenoxy) is 1. The molecule has 1 aliphatic heterocycles. The van der Waals surface area contributed by atoms with Gasteiger partial charge >= 0.3 is 5.97 Å². The number of nitrogens with one attached hydrogen (secondary N) is 2. The van der Waals surface area contributed by atoms with Crippen LogP contribution in [0.25, 0.3) is 16.5 Å². The summed E-state index contributed by atoms with van der Waals surface area (Å²) < 4.78 is 4.99. The molecule has 0 aliphatic carbocycles. The number of hydrogen-bond donors (Lipinski definition) is 2. The third kappa shape index (κ3) is 3.22. The lowest BCUT2D eigenvalue weighted by atomic mass is 10.1. The van der Waals surface area contributed by atoms with Crippen LogP contribution in [0.15, 0.2) is 55.0 Å². The molecule has 134 valence electrons. The van der Waals surface area contributed by atoms with Crippen LogP contribution in [-0.4, -0.2) is 28.5 Å². The Morgan fingerprint density at radius 1 is 1.26 bits per heavy atom. The fourth-order valence-electron chi connectivity index (χ4n) is 2.86. The molecule has 3 aromatic rings. The maximum atomic E-state index is 12.3. The summed E-state index contributed by atoms with van der Waals surface area (Å²) in [7, 11) is 0. The van der Waals surface area contributed by atoms with Crippen LogP contribution in [0.4, 0.5) is 11.5 Å². The molecule has 0 spiro atoms. The zero-order chi connectivity index (χ0) is 18.8. The molecule has 0 saturated carbocycles. The molecule has 1 amide bonds. The van der Waals surface area contributed by atoms with E-state index in [0.717, 1.165) is 16.6 Å². The van der Waals surface area contributed by atoms with Crippen molar-refractivity contribution in [3.8, 4) is 0 Å². The number of pyridine rings is 2. The van der Waals surface area contributed by atoms with Crippen molar-refractivity contribution in [3.63, 3.8) is 0 Å². The zero-order valence-electron chi connectivity index (χ0n) is 14.5. The van der Waals surface area contributed by atoms with Crippen LogP contribution in [0.1, 0.15) is 22.8 Å². The molecule has 7 nitrogen and oxygen atoms in total. The number of benzene rings is 1. The second kappa shape index (κ2) is 6.87. The molecule has 0 atom stereocenters. The molecule has 0 radical (unpaired) electrons. The second-order valence-electron chi connectivity index (χ2n) is 5.91. The fraction of sp³-hybridized carbons (Fsp3) is 0.100. The monoisotopic (exact) mass is 360 g/mol. The van der Waals surface area contributed by atoms with Crippen molar-refractivity contribution in [1.29, 1.82) is 0 Å². The molecule has 1 aromatic carbocycles. The maximum absolute atomic E-state index is 12.3. The Morgan fingerprint density at radius 3 is 3.00 bits per heavy atom. The van der Waals surface area contributed by atoms with E-state index in [1.54, 1.807) is 25.4 Å². The first-order valence-corrected chi connectivity index (χ1v) is 8.46. The maximum Gasteiger partial charge on any atom is 0.339 e. The fourth-order valence-corrected chi connectivity index (χ4v) is 2.86. The van der Waals surface area contributed by atoms with Gasteiger partial charge in [0.2, 0.25) is 0 Å². The van der Waals surface area contributed by atoms with Gasteiger partial charge in [-0.3, -0.25) is 9.78 Å². The third-order valence-corrected chi connectivity index (χ3v) is 4.15. The molecule has 2 aromatic heterocycles. The molecule has 0 saturated heterocycles. The lowest BCUT2D eigenvalue weighted by molar-refractivity contribution is -0.110. The molecule has 27 heavy (non-hydrogen) atoms. The van der Waals surface area contributed by atoms with E-state index in [1.165, 1.54) is 6.20 Å². The van der Waals surface area contributed by atoms with E-state index in [-0.39, 0.29) is 12.5 Å². The highest BCUT2D eigenvalue weighted by atomic mass is 16.5. The van der Waals surface area contributed by atoms with E-state index in [1.807, 2.05) is 30.3 Å². The van der Waals surface area contributed by atoms with E-state index < -0.39 is 5.97 Å².